The minimum absolute atomic E-state index is 0.0631. The van der Waals surface area contributed by atoms with Crippen LogP contribution in [0.4, 0.5) is 5.69 Å². The minimum atomic E-state index is -0.613. The number of carbonyl (C=O) groups excluding carboxylic acids is 3. The van der Waals surface area contributed by atoms with Crippen LogP contribution in [0.25, 0.3) is 0 Å². The summed E-state index contributed by atoms with van der Waals surface area (Å²) in [6.45, 7) is 22.9. The highest BCUT2D eigenvalue weighted by atomic mass is 32.2. The molecule has 2 rings (SSSR count). The van der Waals surface area contributed by atoms with Gasteiger partial charge in [-0.2, -0.15) is 12.6 Å². The van der Waals surface area contributed by atoms with E-state index in [0.29, 0.717) is 18.0 Å². The highest BCUT2D eigenvalue weighted by Crippen LogP contribution is 2.29. The zero-order chi connectivity index (χ0) is 35.2. The molecule has 10 heteroatoms. The molecule has 2 atom stereocenters. The number of thiol groups is 1. The molecular weight excluding hydrogens is 615 g/mol. The van der Waals surface area contributed by atoms with Crippen LogP contribution in [0.3, 0.4) is 0 Å². The summed E-state index contributed by atoms with van der Waals surface area (Å²) in [5.74, 6) is 0.743. The third-order valence-electron chi connectivity index (χ3n) is 7.43. The van der Waals surface area contributed by atoms with Gasteiger partial charge in [0.15, 0.2) is 0 Å². The van der Waals surface area contributed by atoms with Crippen molar-refractivity contribution < 1.29 is 14.4 Å². The van der Waals surface area contributed by atoms with Gasteiger partial charge in [-0.15, -0.1) is 0 Å². The molecule has 0 saturated carbocycles. The maximum Gasteiger partial charge on any atom is 0.256 e. The first-order valence-electron chi connectivity index (χ1n) is 15.7. The summed E-state index contributed by atoms with van der Waals surface area (Å²) in [6.07, 6.45) is 0. The standard InChI is InChI=1S/C25H44N4O2S.C11H13NOS/c1-17(2)16-29(9)23(31)21(24(3,4)5)28-22(30)20(26-8)25(6,7)18-10-12-19(13-11-18)27-14-15-32;1-8(2)11(13)12-14-10-6-4-9(3)5-7-10/h10-13,17,20-21,26-27,32H,14-16H2,1-9H3,(H,28,30);4-7H,1H2,2-3H3,(H,12,13). The first-order valence-corrected chi connectivity index (χ1v) is 17.2. The maximum atomic E-state index is 13.4. The van der Waals surface area contributed by atoms with Crippen molar-refractivity contribution in [1.29, 1.82) is 0 Å². The fourth-order valence-electron chi connectivity index (χ4n) is 4.74. The summed E-state index contributed by atoms with van der Waals surface area (Å²) >= 11 is 5.53. The van der Waals surface area contributed by atoms with E-state index in [1.54, 1.807) is 25.9 Å². The zero-order valence-electron chi connectivity index (χ0n) is 29.7. The zero-order valence-corrected chi connectivity index (χ0v) is 31.4. The average molecular weight is 672 g/mol. The molecule has 0 spiro atoms. The number of nitrogens with one attached hydrogen (secondary N) is 4. The Hall–Kier alpha value is -2.95. The largest absolute Gasteiger partial charge is 0.384 e. The Labute approximate surface area is 287 Å². The maximum absolute atomic E-state index is 13.4. The number of anilines is 1. The average Bonchev–Trinajstić information content (AvgIpc) is 2.97. The molecule has 0 aliphatic carbocycles. The van der Waals surface area contributed by atoms with E-state index in [0.717, 1.165) is 28.4 Å². The van der Waals surface area contributed by atoms with Crippen molar-refractivity contribution in [3.8, 4) is 0 Å². The number of benzene rings is 2. The molecule has 0 aliphatic rings. The Morgan fingerprint density at radius 2 is 1.52 bits per heavy atom. The summed E-state index contributed by atoms with van der Waals surface area (Å²) in [5, 5.41) is 9.55. The molecule has 3 amide bonds. The summed E-state index contributed by atoms with van der Waals surface area (Å²) in [6, 6.07) is 15.0. The van der Waals surface area contributed by atoms with Crippen molar-refractivity contribution in [2.75, 3.05) is 38.3 Å². The molecule has 0 aromatic heterocycles. The topological polar surface area (TPSA) is 103 Å². The molecule has 0 saturated heterocycles. The Morgan fingerprint density at radius 3 is 1.98 bits per heavy atom. The van der Waals surface area contributed by atoms with E-state index in [1.165, 1.54) is 17.5 Å². The number of carbonyl (C=O) groups is 3. The van der Waals surface area contributed by atoms with Gasteiger partial charge in [0.1, 0.15) is 6.04 Å². The third kappa shape index (κ3) is 13.4. The van der Waals surface area contributed by atoms with Gasteiger partial charge in [-0.3, -0.25) is 19.1 Å². The molecule has 256 valence electrons. The van der Waals surface area contributed by atoms with Gasteiger partial charge in [-0.1, -0.05) is 84.9 Å². The van der Waals surface area contributed by atoms with Gasteiger partial charge >= 0.3 is 0 Å². The fraction of sp³-hybridized carbons (Fsp3) is 0.528. The van der Waals surface area contributed by atoms with Gasteiger partial charge in [0, 0.05) is 47.5 Å². The highest BCUT2D eigenvalue weighted by Gasteiger charge is 2.40. The molecule has 2 aromatic carbocycles. The number of amides is 3. The van der Waals surface area contributed by atoms with Crippen molar-refractivity contribution in [3.63, 3.8) is 0 Å². The van der Waals surface area contributed by atoms with Gasteiger partial charge in [-0.05, 0) is 74.0 Å². The molecule has 0 heterocycles. The normalized spacial score (nSPS) is 12.7. The summed E-state index contributed by atoms with van der Waals surface area (Å²) in [4.78, 5) is 40.5. The van der Waals surface area contributed by atoms with E-state index in [1.807, 2.05) is 90.1 Å². The smallest absolute Gasteiger partial charge is 0.256 e. The lowest BCUT2D eigenvalue weighted by atomic mass is 9.76. The van der Waals surface area contributed by atoms with Gasteiger partial charge in [0.25, 0.3) is 5.91 Å². The van der Waals surface area contributed by atoms with Crippen LogP contribution in [0.1, 0.15) is 66.5 Å². The van der Waals surface area contributed by atoms with Crippen molar-refractivity contribution in [3.05, 3.63) is 71.8 Å². The fourth-order valence-corrected chi connectivity index (χ4v) is 5.50. The van der Waals surface area contributed by atoms with Crippen LogP contribution in [0.15, 0.2) is 65.6 Å². The van der Waals surface area contributed by atoms with Crippen LogP contribution in [-0.4, -0.2) is 67.6 Å². The lowest BCUT2D eigenvalue weighted by molar-refractivity contribution is -0.139. The minimum Gasteiger partial charge on any atom is -0.384 e. The van der Waals surface area contributed by atoms with Crippen molar-refractivity contribution in [2.24, 2.45) is 11.3 Å². The monoisotopic (exact) mass is 671 g/mol. The Morgan fingerprint density at radius 1 is 0.957 bits per heavy atom. The van der Waals surface area contributed by atoms with Crippen LogP contribution < -0.4 is 20.7 Å². The number of hydrogen-bond donors (Lipinski definition) is 5. The van der Waals surface area contributed by atoms with Crippen LogP contribution in [0.2, 0.25) is 0 Å². The molecule has 0 aliphatic heterocycles. The van der Waals surface area contributed by atoms with Gasteiger partial charge in [-0.25, -0.2) is 0 Å². The van der Waals surface area contributed by atoms with E-state index < -0.39 is 22.9 Å². The Kier molecular flexibility index (Phi) is 17.0. The van der Waals surface area contributed by atoms with Crippen molar-refractivity contribution >= 4 is 48.0 Å². The molecule has 8 nitrogen and oxygen atoms in total. The molecular formula is C36H57N5O3S2. The van der Waals surface area contributed by atoms with E-state index in [9.17, 15) is 14.4 Å². The predicted molar refractivity (Wildman–Crippen MR) is 199 cm³/mol. The van der Waals surface area contributed by atoms with E-state index in [-0.39, 0.29) is 17.7 Å². The van der Waals surface area contributed by atoms with E-state index in [4.69, 9.17) is 0 Å². The van der Waals surface area contributed by atoms with Crippen molar-refractivity contribution in [1.82, 2.24) is 20.3 Å². The first-order chi connectivity index (χ1) is 21.3. The van der Waals surface area contributed by atoms with Gasteiger partial charge in [0.2, 0.25) is 11.8 Å². The van der Waals surface area contributed by atoms with E-state index >= 15 is 0 Å². The second-order valence-electron chi connectivity index (χ2n) is 13.7. The van der Waals surface area contributed by atoms with Crippen LogP contribution in [-0.2, 0) is 19.8 Å². The van der Waals surface area contributed by atoms with Gasteiger partial charge < -0.3 is 20.9 Å². The van der Waals surface area contributed by atoms with Crippen LogP contribution >= 0.6 is 24.6 Å². The summed E-state index contributed by atoms with van der Waals surface area (Å²) in [5.41, 5.74) is 2.89. The number of likely N-dealkylation sites (N-methyl/N-ethyl adjacent to an activating group) is 2. The second-order valence-corrected chi connectivity index (χ2v) is 15.0. The molecule has 0 radical (unpaired) electrons. The summed E-state index contributed by atoms with van der Waals surface area (Å²) < 4.78 is 2.70. The number of hydrogen-bond acceptors (Lipinski definition) is 7. The number of rotatable bonds is 14. The highest BCUT2D eigenvalue weighted by molar-refractivity contribution is 7.98. The van der Waals surface area contributed by atoms with Crippen molar-refractivity contribution in [2.45, 2.75) is 84.7 Å². The Bertz CT molecular complexity index is 1270. The van der Waals surface area contributed by atoms with Crippen LogP contribution in [0.5, 0.6) is 0 Å². The predicted octanol–water partition coefficient (Wildman–Crippen LogP) is 6.23. The molecule has 2 unspecified atom stereocenters. The molecule has 46 heavy (non-hydrogen) atoms. The first kappa shape index (κ1) is 41.1. The third-order valence-corrected chi connectivity index (χ3v) is 8.45. The quantitative estimate of drug-likeness (QED) is 0.0927. The Balaban J connectivity index is 0.000000626. The molecule has 2 aromatic rings. The summed E-state index contributed by atoms with van der Waals surface area (Å²) in [7, 11) is 3.59. The van der Waals surface area contributed by atoms with Gasteiger partial charge in [0.05, 0.1) is 6.04 Å². The van der Waals surface area contributed by atoms with E-state index in [2.05, 4.69) is 53.7 Å². The molecule has 4 N–H and O–H groups in total. The second kappa shape index (κ2) is 19.0. The number of nitrogens with zero attached hydrogens (tertiary/aromatic N) is 1. The SMILES string of the molecule is C=C(C)C(=O)NSc1ccc(C)cc1.CNC(C(=O)NC(C(=O)N(C)CC(C)C)C(C)(C)C)C(C)(C)c1ccc(NCCS)cc1. The molecule has 0 bridgehead atoms. The lowest BCUT2D eigenvalue weighted by Gasteiger charge is -2.38. The number of aryl methyl sites for hydroxylation is 1. The lowest BCUT2D eigenvalue weighted by Crippen LogP contribution is -2.61. The molecule has 0 fully saturated rings. The van der Waals surface area contributed by atoms with Crippen LogP contribution in [0, 0.1) is 18.3 Å².